The maximum atomic E-state index is 12.6. The van der Waals surface area contributed by atoms with Crippen molar-refractivity contribution in [2.24, 2.45) is 0 Å². The highest BCUT2D eigenvalue weighted by Gasteiger charge is 2.27. The number of rotatable bonds is 4. The Morgan fingerprint density at radius 3 is 2.52 bits per heavy atom. The molecule has 0 amide bonds. The van der Waals surface area contributed by atoms with Crippen molar-refractivity contribution in [2.45, 2.75) is 31.2 Å². The molecule has 1 aliphatic heterocycles. The predicted octanol–water partition coefficient (Wildman–Crippen LogP) is 4.27. The smallest absolute Gasteiger partial charge is 0.262 e. The van der Waals surface area contributed by atoms with Crippen molar-refractivity contribution in [2.75, 3.05) is 9.62 Å². The van der Waals surface area contributed by atoms with Gasteiger partial charge in [-0.3, -0.25) is 4.72 Å². The normalized spacial score (nSPS) is 16.2. The maximum Gasteiger partial charge on any atom is 0.262 e. The molecule has 1 unspecified atom stereocenters. The van der Waals surface area contributed by atoms with Crippen molar-refractivity contribution < 1.29 is 8.42 Å². The quantitative estimate of drug-likeness (QED) is 0.735. The molecule has 2 heterocycles. The van der Waals surface area contributed by atoms with E-state index in [9.17, 15) is 8.42 Å². The topological polar surface area (TPSA) is 62.3 Å². The molecule has 3 aromatic rings. The first kappa shape index (κ1) is 17.5. The first-order valence-electron chi connectivity index (χ1n) is 8.87. The van der Waals surface area contributed by atoms with E-state index in [0.717, 1.165) is 17.9 Å². The minimum absolute atomic E-state index is 0.274. The zero-order valence-corrected chi connectivity index (χ0v) is 16.1. The Kier molecular flexibility index (Phi) is 4.36. The van der Waals surface area contributed by atoms with E-state index in [1.165, 1.54) is 5.56 Å². The summed E-state index contributed by atoms with van der Waals surface area (Å²) < 4.78 is 27.9. The molecular weight excluding hydrogens is 358 g/mol. The molecule has 0 spiro atoms. The second-order valence-electron chi connectivity index (χ2n) is 6.83. The molecule has 6 heteroatoms. The third-order valence-electron chi connectivity index (χ3n) is 4.84. The highest BCUT2D eigenvalue weighted by atomic mass is 32.2. The maximum absolute atomic E-state index is 12.6. The van der Waals surface area contributed by atoms with Crippen LogP contribution in [0, 0.1) is 6.92 Å². The van der Waals surface area contributed by atoms with E-state index in [0.29, 0.717) is 17.3 Å². The third-order valence-corrected chi connectivity index (χ3v) is 6.38. The van der Waals surface area contributed by atoms with Crippen molar-refractivity contribution in [1.29, 1.82) is 0 Å². The number of hydrogen-bond acceptors (Lipinski definition) is 4. The first-order chi connectivity index (χ1) is 13.0. The summed E-state index contributed by atoms with van der Waals surface area (Å²) in [4.78, 5) is 6.97. The van der Waals surface area contributed by atoms with Crippen LogP contribution < -0.4 is 9.62 Å². The van der Waals surface area contributed by atoms with Crippen molar-refractivity contribution in [3.05, 3.63) is 78.0 Å². The van der Waals surface area contributed by atoms with Crippen molar-refractivity contribution >= 4 is 27.2 Å². The fraction of sp³-hybridized carbons (Fsp3) is 0.190. The molecule has 2 aromatic carbocycles. The Balaban J connectivity index is 1.59. The van der Waals surface area contributed by atoms with Gasteiger partial charge in [0.25, 0.3) is 10.0 Å². The Hall–Kier alpha value is -2.86. The molecule has 1 atom stereocenters. The number of fused-ring (bicyclic) bond motifs is 1. The Morgan fingerprint density at radius 2 is 1.78 bits per heavy atom. The summed E-state index contributed by atoms with van der Waals surface area (Å²) in [5, 5.41) is 0. The number of aromatic nitrogens is 1. The molecule has 0 aliphatic carbocycles. The van der Waals surface area contributed by atoms with Crippen molar-refractivity contribution in [1.82, 2.24) is 4.98 Å². The van der Waals surface area contributed by atoms with Gasteiger partial charge in [-0.25, -0.2) is 13.4 Å². The van der Waals surface area contributed by atoms with Crippen LogP contribution in [0.25, 0.3) is 0 Å². The molecular formula is C21H21N3O2S. The molecule has 1 N–H and O–H groups in total. The summed E-state index contributed by atoms with van der Waals surface area (Å²) >= 11 is 0. The second kappa shape index (κ2) is 6.70. The predicted molar refractivity (Wildman–Crippen MR) is 108 cm³/mol. The fourth-order valence-corrected chi connectivity index (χ4v) is 4.86. The van der Waals surface area contributed by atoms with Gasteiger partial charge in [-0.2, -0.15) is 0 Å². The molecule has 5 nitrogen and oxygen atoms in total. The molecule has 0 saturated heterocycles. The number of nitrogens with one attached hydrogen (secondary N) is 1. The minimum Gasteiger partial charge on any atom is -0.323 e. The van der Waals surface area contributed by atoms with Gasteiger partial charge in [0.1, 0.15) is 5.82 Å². The van der Waals surface area contributed by atoms with E-state index < -0.39 is 10.0 Å². The van der Waals surface area contributed by atoms with E-state index in [-0.39, 0.29) is 4.90 Å². The van der Waals surface area contributed by atoms with Crippen LogP contribution in [0.2, 0.25) is 0 Å². The van der Waals surface area contributed by atoms with Gasteiger partial charge in [-0.15, -0.1) is 0 Å². The largest absolute Gasteiger partial charge is 0.323 e. The Bertz CT molecular complexity index is 1080. The summed E-state index contributed by atoms with van der Waals surface area (Å²) in [6.45, 7) is 3.94. The van der Waals surface area contributed by atoms with E-state index in [2.05, 4.69) is 33.7 Å². The van der Waals surface area contributed by atoms with Gasteiger partial charge in [0.05, 0.1) is 16.8 Å². The molecule has 4 rings (SSSR count). The minimum atomic E-state index is -3.64. The number of benzene rings is 2. The number of sulfonamides is 1. The van der Waals surface area contributed by atoms with Crippen LogP contribution in [0.15, 0.2) is 71.8 Å². The Labute approximate surface area is 159 Å². The first-order valence-corrected chi connectivity index (χ1v) is 10.4. The van der Waals surface area contributed by atoms with Crippen LogP contribution in [0.4, 0.5) is 17.2 Å². The lowest BCUT2D eigenvalue weighted by atomic mass is 10.1. The van der Waals surface area contributed by atoms with Crippen molar-refractivity contribution in [3.8, 4) is 0 Å². The molecule has 138 valence electrons. The number of nitrogens with zero attached hydrogens (tertiary/aromatic N) is 2. The summed E-state index contributed by atoms with van der Waals surface area (Å²) in [6, 6.07) is 19.1. The van der Waals surface area contributed by atoms with Gasteiger partial charge in [0, 0.05) is 11.7 Å². The zero-order chi connectivity index (χ0) is 19.0. The summed E-state index contributed by atoms with van der Waals surface area (Å²) in [5.74, 6) is 0.811. The lowest BCUT2D eigenvalue weighted by Gasteiger charge is -2.24. The van der Waals surface area contributed by atoms with Crippen LogP contribution in [0.3, 0.4) is 0 Å². The lowest BCUT2D eigenvalue weighted by molar-refractivity contribution is 0.600. The average Bonchev–Trinajstić information content (AvgIpc) is 2.98. The van der Waals surface area contributed by atoms with Gasteiger partial charge in [0.2, 0.25) is 0 Å². The van der Waals surface area contributed by atoms with E-state index in [1.54, 1.807) is 37.4 Å². The standard InChI is InChI=1S/C21H21N3O2S/c1-15-7-3-6-10-20(15)27(25,26)23-18-11-12-21(22-14-18)24-16(2)13-17-8-4-5-9-19(17)24/h3-12,14,16,23H,13H2,1-2H3. The number of para-hydroxylation sites is 1. The number of hydrogen-bond donors (Lipinski definition) is 1. The lowest BCUT2D eigenvalue weighted by Crippen LogP contribution is -2.24. The van der Waals surface area contributed by atoms with E-state index in [1.807, 2.05) is 24.3 Å². The molecule has 0 radical (unpaired) electrons. The van der Waals surface area contributed by atoms with E-state index >= 15 is 0 Å². The Morgan fingerprint density at radius 1 is 1.04 bits per heavy atom. The summed E-state index contributed by atoms with van der Waals surface area (Å²) in [6.07, 6.45) is 2.54. The van der Waals surface area contributed by atoms with Crippen LogP contribution in [-0.2, 0) is 16.4 Å². The molecule has 0 saturated carbocycles. The molecule has 1 aromatic heterocycles. The van der Waals surface area contributed by atoms with Gasteiger partial charge in [-0.1, -0.05) is 36.4 Å². The zero-order valence-electron chi connectivity index (χ0n) is 15.3. The highest BCUT2D eigenvalue weighted by molar-refractivity contribution is 7.92. The summed E-state index contributed by atoms with van der Waals surface area (Å²) in [5.41, 5.74) is 3.61. The molecule has 0 bridgehead atoms. The molecule has 1 aliphatic rings. The highest BCUT2D eigenvalue weighted by Crippen LogP contribution is 2.37. The number of aryl methyl sites for hydroxylation is 1. The average molecular weight is 379 g/mol. The number of pyridine rings is 1. The van der Waals surface area contributed by atoms with Crippen molar-refractivity contribution in [3.63, 3.8) is 0 Å². The monoisotopic (exact) mass is 379 g/mol. The van der Waals surface area contributed by atoms with Crippen LogP contribution in [0.5, 0.6) is 0 Å². The van der Waals surface area contributed by atoms with Gasteiger partial charge in [-0.05, 0) is 55.7 Å². The molecule has 0 fully saturated rings. The SMILES string of the molecule is Cc1ccccc1S(=O)(=O)Nc1ccc(N2c3ccccc3CC2C)nc1. The summed E-state index contributed by atoms with van der Waals surface area (Å²) in [7, 11) is -3.64. The van der Waals surface area contributed by atoms with E-state index in [4.69, 9.17) is 0 Å². The third kappa shape index (κ3) is 3.28. The van der Waals surface area contributed by atoms with Gasteiger partial charge < -0.3 is 4.90 Å². The van der Waals surface area contributed by atoms with Crippen LogP contribution >= 0.6 is 0 Å². The number of anilines is 3. The van der Waals surface area contributed by atoms with Gasteiger partial charge in [0.15, 0.2) is 0 Å². The van der Waals surface area contributed by atoms with Gasteiger partial charge >= 0.3 is 0 Å². The molecule has 27 heavy (non-hydrogen) atoms. The fourth-order valence-electron chi connectivity index (χ4n) is 3.57. The van der Waals surface area contributed by atoms with Crippen LogP contribution in [-0.4, -0.2) is 19.4 Å². The van der Waals surface area contributed by atoms with Crippen LogP contribution in [0.1, 0.15) is 18.1 Å². The second-order valence-corrected chi connectivity index (χ2v) is 8.48.